The fourth-order valence-corrected chi connectivity index (χ4v) is 2.64. The lowest BCUT2D eigenvalue weighted by Crippen LogP contribution is -2.05. The summed E-state index contributed by atoms with van der Waals surface area (Å²) in [4.78, 5) is 11.3. The highest BCUT2D eigenvalue weighted by atomic mass is 31.2. The molecule has 1 aromatic rings. The first kappa shape index (κ1) is 17.8. The maximum absolute atomic E-state index is 13.8. The number of phosphoric acid groups is 1. The molecule has 0 N–H and O–H groups in total. The van der Waals surface area contributed by atoms with Crippen LogP contribution in [-0.4, -0.2) is 26.3 Å². The molecule has 1 rings (SSSR count). The van der Waals surface area contributed by atoms with Gasteiger partial charge in [0.2, 0.25) is 0 Å². The number of ether oxygens (including phenoxy) is 1. The van der Waals surface area contributed by atoms with Gasteiger partial charge in [0, 0.05) is 5.56 Å². The van der Waals surface area contributed by atoms with Crippen LogP contribution in [-0.2, 0) is 29.5 Å². The van der Waals surface area contributed by atoms with Crippen LogP contribution in [0.2, 0.25) is 0 Å². The molecule has 0 aliphatic rings. The number of benzene rings is 1. The van der Waals surface area contributed by atoms with Crippen LogP contribution in [0.1, 0.15) is 29.8 Å². The summed E-state index contributed by atoms with van der Waals surface area (Å²) in [6, 6.07) is 3.76. The fraction of sp³-hybridized carbons (Fsp3) is 0.462. The molecule has 0 aliphatic heterocycles. The smallest absolute Gasteiger partial charge is 0.465 e. The average molecular weight is 320 g/mol. The van der Waals surface area contributed by atoms with Gasteiger partial charge < -0.3 is 4.74 Å². The maximum atomic E-state index is 13.8. The van der Waals surface area contributed by atoms with Gasteiger partial charge in [-0.05, 0) is 26.0 Å². The van der Waals surface area contributed by atoms with Crippen molar-refractivity contribution in [3.05, 3.63) is 35.1 Å². The number of hydrogen-bond donors (Lipinski definition) is 0. The van der Waals surface area contributed by atoms with Crippen molar-refractivity contribution < 1.29 is 32.1 Å². The highest BCUT2D eigenvalue weighted by molar-refractivity contribution is 7.48. The SMILES string of the molecule is CCOP(=O)(OCC)OCc1ccc(C(=O)OC)cc1F. The van der Waals surface area contributed by atoms with Crippen molar-refractivity contribution in [3.63, 3.8) is 0 Å². The number of carbonyl (C=O) groups excluding carboxylic acids is 1. The second-order valence-electron chi connectivity index (χ2n) is 3.85. The van der Waals surface area contributed by atoms with Gasteiger partial charge in [-0.15, -0.1) is 0 Å². The van der Waals surface area contributed by atoms with Crippen molar-refractivity contribution in [3.8, 4) is 0 Å². The monoisotopic (exact) mass is 320 g/mol. The van der Waals surface area contributed by atoms with Crippen LogP contribution in [0.25, 0.3) is 0 Å². The topological polar surface area (TPSA) is 71.1 Å². The van der Waals surface area contributed by atoms with Crippen molar-refractivity contribution in [2.24, 2.45) is 0 Å². The Balaban J connectivity index is 2.79. The van der Waals surface area contributed by atoms with Gasteiger partial charge in [0.05, 0.1) is 32.5 Å². The molecule has 0 fully saturated rings. The van der Waals surface area contributed by atoms with Crippen LogP contribution in [0.5, 0.6) is 0 Å². The van der Waals surface area contributed by atoms with Gasteiger partial charge in [-0.3, -0.25) is 13.6 Å². The fourth-order valence-electron chi connectivity index (χ4n) is 1.49. The van der Waals surface area contributed by atoms with Gasteiger partial charge in [-0.1, -0.05) is 6.07 Å². The van der Waals surface area contributed by atoms with E-state index in [4.69, 9.17) is 13.6 Å². The van der Waals surface area contributed by atoms with Crippen molar-refractivity contribution in [1.29, 1.82) is 0 Å². The minimum absolute atomic E-state index is 0.0801. The second kappa shape index (κ2) is 8.24. The third kappa shape index (κ3) is 5.21. The Morgan fingerprint density at radius 1 is 1.19 bits per heavy atom. The molecule has 8 heteroatoms. The molecule has 0 heterocycles. The van der Waals surface area contributed by atoms with Crippen molar-refractivity contribution in [2.75, 3.05) is 20.3 Å². The minimum Gasteiger partial charge on any atom is -0.465 e. The number of rotatable bonds is 8. The molecule has 0 saturated heterocycles. The summed E-state index contributed by atoms with van der Waals surface area (Å²) in [7, 11) is -2.49. The zero-order valence-electron chi connectivity index (χ0n) is 12.1. The highest BCUT2D eigenvalue weighted by Gasteiger charge is 2.26. The Morgan fingerprint density at radius 2 is 1.81 bits per heavy atom. The van der Waals surface area contributed by atoms with Gasteiger partial charge in [-0.2, -0.15) is 0 Å². The van der Waals surface area contributed by atoms with E-state index in [2.05, 4.69) is 4.74 Å². The Bertz CT molecular complexity index is 523. The molecular weight excluding hydrogens is 302 g/mol. The lowest BCUT2D eigenvalue weighted by molar-refractivity contribution is 0.0599. The summed E-state index contributed by atoms with van der Waals surface area (Å²) in [6.07, 6.45) is 0. The molecule has 21 heavy (non-hydrogen) atoms. The summed E-state index contributed by atoms with van der Waals surface area (Å²) >= 11 is 0. The quantitative estimate of drug-likeness (QED) is 0.540. The normalized spacial score (nSPS) is 11.4. The van der Waals surface area contributed by atoms with Crippen LogP contribution in [0.3, 0.4) is 0 Å². The number of phosphoric ester groups is 1. The van der Waals surface area contributed by atoms with E-state index >= 15 is 0 Å². The lowest BCUT2D eigenvalue weighted by Gasteiger charge is -2.16. The predicted octanol–water partition coefficient (Wildman–Crippen LogP) is 3.31. The molecule has 118 valence electrons. The third-order valence-corrected chi connectivity index (χ3v) is 4.02. The summed E-state index contributed by atoms with van der Waals surface area (Å²) < 4.78 is 45.3. The first-order chi connectivity index (χ1) is 9.95. The van der Waals surface area contributed by atoms with Gasteiger partial charge in [-0.25, -0.2) is 13.8 Å². The summed E-state index contributed by atoms with van der Waals surface area (Å²) in [6.45, 7) is 3.26. The van der Waals surface area contributed by atoms with Crippen LogP contribution < -0.4 is 0 Å². The van der Waals surface area contributed by atoms with E-state index < -0.39 is 19.6 Å². The van der Waals surface area contributed by atoms with Crippen molar-refractivity contribution in [2.45, 2.75) is 20.5 Å². The molecule has 0 unspecified atom stereocenters. The maximum Gasteiger partial charge on any atom is 0.475 e. The van der Waals surface area contributed by atoms with Crippen LogP contribution in [0.15, 0.2) is 18.2 Å². The van der Waals surface area contributed by atoms with Gasteiger partial charge in [0.1, 0.15) is 5.82 Å². The molecule has 0 saturated carbocycles. The summed E-state index contributed by atoms with van der Waals surface area (Å²) in [5.41, 5.74) is 0.207. The summed E-state index contributed by atoms with van der Waals surface area (Å²) in [5.74, 6) is -1.31. The third-order valence-electron chi connectivity index (χ3n) is 2.43. The number of hydrogen-bond acceptors (Lipinski definition) is 6. The molecule has 0 aliphatic carbocycles. The van der Waals surface area contributed by atoms with E-state index in [0.717, 1.165) is 6.07 Å². The number of halogens is 1. The van der Waals surface area contributed by atoms with E-state index in [0.29, 0.717) is 0 Å². The molecule has 0 spiro atoms. The van der Waals surface area contributed by atoms with Gasteiger partial charge >= 0.3 is 13.8 Å². The first-order valence-corrected chi connectivity index (χ1v) is 7.82. The van der Waals surface area contributed by atoms with Crippen molar-refractivity contribution in [1.82, 2.24) is 0 Å². The lowest BCUT2D eigenvalue weighted by atomic mass is 10.1. The predicted molar refractivity (Wildman–Crippen MR) is 73.4 cm³/mol. The standard InChI is InChI=1S/C13H18FO6P/c1-4-18-21(16,19-5-2)20-9-11-7-6-10(8-12(11)14)13(15)17-3/h6-8H,4-5,9H2,1-3H3. The van der Waals surface area contributed by atoms with E-state index in [1.807, 2.05) is 0 Å². The zero-order valence-corrected chi connectivity index (χ0v) is 13.0. The highest BCUT2D eigenvalue weighted by Crippen LogP contribution is 2.49. The van der Waals surface area contributed by atoms with E-state index in [-0.39, 0.29) is 30.9 Å². The molecule has 0 radical (unpaired) electrons. The van der Waals surface area contributed by atoms with E-state index in [1.54, 1.807) is 13.8 Å². The molecular formula is C13H18FO6P. The molecule has 1 aromatic carbocycles. The first-order valence-electron chi connectivity index (χ1n) is 6.36. The zero-order chi connectivity index (χ0) is 15.9. The van der Waals surface area contributed by atoms with Crippen LogP contribution in [0, 0.1) is 5.82 Å². The number of carbonyl (C=O) groups is 1. The van der Waals surface area contributed by atoms with Gasteiger partial charge in [0.25, 0.3) is 0 Å². The Labute approximate surface area is 122 Å². The van der Waals surface area contributed by atoms with Crippen molar-refractivity contribution >= 4 is 13.8 Å². The molecule has 6 nitrogen and oxygen atoms in total. The van der Waals surface area contributed by atoms with Crippen LogP contribution in [0.4, 0.5) is 4.39 Å². The molecule has 0 amide bonds. The number of esters is 1. The van der Waals surface area contributed by atoms with Crippen LogP contribution >= 0.6 is 7.82 Å². The average Bonchev–Trinajstić information content (AvgIpc) is 2.45. The Morgan fingerprint density at radius 3 is 2.29 bits per heavy atom. The van der Waals surface area contributed by atoms with E-state index in [1.165, 1.54) is 19.2 Å². The Kier molecular flexibility index (Phi) is 6.98. The van der Waals surface area contributed by atoms with Gasteiger partial charge in [0.15, 0.2) is 0 Å². The second-order valence-corrected chi connectivity index (χ2v) is 5.52. The minimum atomic E-state index is -3.70. The summed E-state index contributed by atoms with van der Waals surface area (Å²) in [5, 5.41) is 0. The molecule has 0 aromatic heterocycles. The number of methoxy groups -OCH3 is 1. The molecule has 0 atom stereocenters. The Hall–Kier alpha value is -1.27. The largest absolute Gasteiger partial charge is 0.475 e. The molecule has 0 bridgehead atoms. The van der Waals surface area contributed by atoms with E-state index in [9.17, 15) is 13.8 Å².